The lowest BCUT2D eigenvalue weighted by Gasteiger charge is -2.05. The van der Waals surface area contributed by atoms with Crippen molar-refractivity contribution in [3.05, 3.63) is 22.6 Å². The predicted molar refractivity (Wildman–Crippen MR) is 67.5 cm³/mol. The van der Waals surface area contributed by atoms with E-state index >= 15 is 0 Å². The van der Waals surface area contributed by atoms with Crippen LogP contribution in [0.4, 0.5) is 5.13 Å². The van der Waals surface area contributed by atoms with Gasteiger partial charge >= 0.3 is 0 Å². The summed E-state index contributed by atoms with van der Waals surface area (Å²) in [5, 5.41) is 9.47. The van der Waals surface area contributed by atoms with Crippen LogP contribution in [0.2, 0.25) is 0 Å². The first kappa shape index (κ1) is 10.9. The molecule has 0 fully saturated rings. The van der Waals surface area contributed by atoms with Crippen LogP contribution in [0.5, 0.6) is 11.5 Å². The van der Waals surface area contributed by atoms with Crippen LogP contribution in [0.25, 0.3) is 11.3 Å². The van der Waals surface area contributed by atoms with Crippen molar-refractivity contribution < 1.29 is 9.47 Å². The monoisotopic (exact) mass is 259 g/mol. The standard InChI is InChI=1S/C12H9N3O2S/c1-6-2-8-9(17-5-16-8)3-7(6)11-10(4-13)18-12(14)15-11/h2-3H,5H2,1H3,(H2,14,15). The SMILES string of the molecule is Cc1cc2c(cc1-c1nc(N)sc1C#N)OCO2. The van der Waals surface area contributed by atoms with E-state index in [1.807, 2.05) is 19.1 Å². The van der Waals surface area contributed by atoms with Crippen LogP contribution >= 0.6 is 11.3 Å². The second kappa shape index (κ2) is 3.89. The summed E-state index contributed by atoms with van der Waals surface area (Å²) in [6.07, 6.45) is 0. The number of thiazole rings is 1. The molecule has 18 heavy (non-hydrogen) atoms. The molecule has 0 saturated carbocycles. The Hall–Kier alpha value is -2.26. The van der Waals surface area contributed by atoms with E-state index in [-0.39, 0.29) is 6.79 Å². The smallest absolute Gasteiger partial charge is 0.231 e. The molecule has 0 spiro atoms. The molecule has 2 aromatic rings. The number of hydrogen-bond acceptors (Lipinski definition) is 6. The van der Waals surface area contributed by atoms with Gasteiger partial charge in [0, 0.05) is 5.56 Å². The van der Waals surface area contributed by atoms with E-state index in [1.54, 1.807) is 0 Å². The minimum atomic E-state index is 0.225. The van der Waals surface area contributed by atoms with Gasteiger partial charge in [0.15, 0.2) is 16.6 Å². The Morgan fingerprint density at radius 1 is 1.39 bits per heavy atom. The van der Waals surface area contributed by atoms with Gasteiger partial charge in [0.1, 0.15) is 16.6 Å². The van der Waals surface area contributed by atoms with Crippen LogP contribution in [-0.4, -0.2) is 11.8 Å². The zero-order valence-electron chi connectivity index (χ0n) is 9.56. The van der Waals surface area contributed by atoms with Crippen LogP contribution in [0.15, 0.2) is 12.1 Å². The van der Waals surface area contributed by atoms with E-state index in [9.17, 15) is 0 Å². The van der Waals surface area contributed by atoms with Crippen LogP contribution in [-0.2, 0) is 0 Å². The highest BCUT2D eigenvalue weighted by Crippen LogP contribution is 2.40. The van der Waals surface area contributed by atoms with Crippen molar-refractivity contribution >= 4 is 16.5 Å². The Morgan fingerprint density at radius 2 is 2.11 bits per heavy atom. The predicted octanol–water partition coefficient (Wildman–Crippen LogP) is 2.30. The molecule has 1 aliphatic rings. The highest BCUT2D eigenvalue weighted by atomic mass is 32.1. The number of nitrogens with two attached hydrogens (primary N) is 1. The van der Waals surface area contributed by atoms with Crippen LogP contribution in [0, 0.1) is 18.3 Å². The lowest BCUT2D eigenvalue weighted by atomic mass is 10.0. The summed E-state index contributed by atoms with van der Waals surface area (Å²) in [4.78, 5) is 4.72. The molecule has 0 radical (unpaired) electrons. The van der Waals surface area contributed by atoms with Crippen molar-refractivity contribution in [2.75, 3.05) is 12.5 Å². The number of fused-ring (bicyclic) bond motifs is 1. The summed E-state index contributed by atoms with van der Waals surface area (Å²) >= 11 is 1.18. The summed E-state index contributed by atoms with van der Waals surface area (Å²) < 4.78 is 10.6. The highest BCUT2D eigenvalue weighted by Gasteiger charge is 2.20. The van der Waals surface area contributed by atoms with Crippen LogP contribution in [0.3, 0.4) is 0 Å². The fraction of sp³-hybridized carbons (Fsp3) is 0.167. The Morgan fingerprint density at radius 3 is 2.83 bits per heavy atom. The second-order valence-electron chi connectivity index (χ2n) is 3.86. The van der Waals surface area contributed by atoms with E-state index in [2.05, 4.69) is 11.1 Å². The summed E-state index contributed by atoms with van der Waals surface area (Å²) in [7, 11) is 0. The topological polar surface area (TPSA) is 81.2 Å². The largest absolute Gasteiger partial charge is 0.454 e. The summed E-state index contributed by atoms with van der Waals surface area (Å²) in [5.74, 6) is 1.39. The molecule has 1 aromatic carbocycles. The van der Waals surface area contributed by atoms with Gasteiger partial charge in [-0.15, -0.1) is 0 Å². The van der Waals surface area contributed by atoms with Gasteiger partial charge in [-0.1, -0.05) is 11.3 Å². The fourth-order valence-corrected chi connectivity index (χ4v) is 2.54. The molecule has 90 valence electrons. The molecule has 2 N–H and O–H groups in total. The third-order valence-corrected chi connectivity index (χ3v) is 3.51. The van der Waals surface area contributed by atoms with Gasteiger partial charge in [0.05, 0.1) is 0 Å². The number of aromatic nitrogens is 1. The molecule has 2 heterocycles. The zero-order valence-corrected chi connectivity index (χ0v) is 10.4. The third kappa shape index (κ3) is 1.57. The maximum absolute atomic E-state index is 9.09. The van der Waals surface area contributed by atoms with Gasteiger partial charge in [0.2, 0.25) is 6.79 Å². The Balaban J connectivity index is 2.20. The fourth-order valence-electron chi connectivity index (χ4n) is 1.89. The molecule has 0 unspecified atom stereocenters. The van der Waals surface area contributed by atoms with Crippen molar-refractivity contribution in [1.82, 2.24) is 4.98 Å². The van der Waals surface area contributed by atoms with Crippen molar-refractivity contribution in [3.8, 4) is 28.8 Å². The molecule has 5 nitrogen and oxygen atoms in total. The van der Waals surface area contributed by atoms with Crippen LogP contribution in [0.1, 0.15) is 10.4 Å². The molecule has 3 rings (SSSR count). The van der Waals surface area contributed by atoms with Crippen molar-refractivity contribution in [2.24, 2.45) is 0 Å². The third-order valence-electron chi connectivity index (χ3n) is 2.72. The first-order chi connectivity index (χ1) is 8.69. The molecule has 0 amide bonds. The molecule has 0 bridgehead atoms. The quantitative estimate of drug-likeness (QED) is 0.849. The number of hydrogen-bond donors (Lipinski definition) is 1. The highest BCUT2D eigenvalue weighted by molar-refractivity contribution is 7.16. The van der Waals surface area contributed by atoms with Gasteiger partial charge in [0.25, 0.3) is 0 Å². The number of anilines is 1. The van der Waals surface area contributed by atoms with Crippen LogP contribution < -0.4 is 15.2 Å². The molecule has 6 heteroatoms. The van der Waals surface area contributed by atoms with Crippen molar-refractivity contribution in [3.63, 3.8) is 0 Å². The van der Waals surface area contributed by atoms with Gasteiger partial charge in [-0.3, -0.25) is 0 Å². The number of aryl methyl sites for hydroxylation is 1. The average molecular weight is 259 g/mol. The molecule has 1 aliphatic heterocycles. The lowest BCUT2D eigenvalue weighted by molar-refractivity contribution is 0.174. The van der Waals surface area contributed by atoms with E-state index in [0.717, 1.165) is 16.9 Å². The molecular formula is C12H9N3O2S. The molecule has 1 aromatic heterocycles. The van der Waals surface area contributed by atoms with Crippen molar-refractivity contribution in [2.45, 2.75) is 6.92 Å². The first-order valence-corrected chi connectivity index (χ1v) is 6.07. The number of benzene rings is 1. The van der Waals surface area contributed by atoms with E-state index in [1.165, 1.54) is 11.3 Å². The number of rotatable bonds is 1. The van der Waals surface area contributed by atoms with E-state index in [0.29, 0.717) is 21.5 Å². The van der Waals surface area contributed by atoms with Crippen molar-refractivity contribution in [1.29, 1.82) is 5.26 Å². The second-order valence-corrected chi connectivity index (χ2v) is 4.89. The summed E-state index contributed by atoms with van der Waals surface area (Å²) in [6.45, 7) is 2.16. The number of nitrogen functional groups attached to an aromatic ring is 1. The first-order valence-electron chi connectivity index (χ1n) is 5.26. The number of nitrogens with zero attached hydrogens (tertiary/aromatic N) is 2. The number of nitriles is 1. The lowest BCUT2D eigenvalue weighted by Crippen LogP contribution is -1.92. The maximum atomic E-state index is 9.09. The minimum Gasteiger partial charge on any atom is -0.454 e. The molecule has 0 atom stereocenters. The Bertz CT molecular complexity index is 673. The van der Waals surface area contributed by atoms with E-state index in [4.69, 9.17) is 20.5 Å². The molecular weight excluding hydrogens is 250 g/mol. The maximum Gasteiger partial charge on any atom is 0.231 e. The summed E-state index contributed by atoms with van der Waals surface area (Å²) in [6, 6.07) is 5.84. The Labute approximate surface area is 107 Å². The average Bonchev–Trinajstić information content (AvgIpc) is 2.93. The normalized spacial score (nSPS) is 12.4. The van der Waals surface area contributed by atoms with E-state index < -0.39 is 0 Å². The van der Waals surface area contributed by atoms with Gasteiger partial charge in [-0.05, 0) is 24.6 Å². The Kier molecular flexibility index (Phi) is 2.35. The van der Waals surface area contributed by atoms with Gasteiger partial charge < -0.3 is 15.2 Å². The minimum absolute atomic E-state index is 0.225. The summed E-state index contributed by atoms with van der Waals surface area (Å²) in [5.41, 5.74) is 8.09. The molecule has 0 saturated heterocycles. The number of ether oxygens (including phenoxy) is 2. The van der Waals surface area contributed by atoms with Gasteiger partial charge in [-0.25, -0.2) is 4.98 Å². The zero-order chi connectivity index (χ0) is 12.7. The molecule has 0 aliphatic carbocycles. The van der Waals surface area contributed by atoms with Gasteiger partial charge in [-0.2, -0.15) is 5.26 Å².